The van der Waals surface area contributed by atoms with E-state index in [1.54, 1.807) is 0 Å². The third-order valence-electron chi connectivity index (χ3n) is 11.3. The molecule has 1 fully saturated rings. The molecule has 0 aromatic heterocycles. The highest BCUT2D eigenvalue weighted by Gasteiger charge is 2.48. The predicted octanol–water partition coefficient (Wildman–Crippen LogP) is 7.58. The van der Waals surface area contributed by atoms with Crippen molar-refractivity contribution >= 4 is 16.3 Å². The van der Waals surface area contributed by atoms with E-state index in [4.69, 9.17) is 9.47 Å². The molecule has 1 amide bonds. The van der Waals surface area contributed by atoms with Crippen LogP contribution in [0.1, 0.15) is 206 Å². The number of amides is 1. The van der Waals surface area contributed by atoms with Gasteiger partial charge >= 0.3 is 10.4 Å². The van der Waals surface area contributed by atoms with Crippen LogP contribution in [-0.4, -0.2) is 107 Å². The summed E-state index contributed by atoms with van der Waals surface area (Å²) in [5.41, 5.74) is 0. The Labute approximate surface area is 346 Å². The van der Waals surface area contributed by atoms with Crippen LogP contribution in [0.4, 0.5) is 0 Å². The Morgan fingerprint density at radius 1 is 0.632 bits per heavy atom. The van der Waals surface area contributed by atoms with Gasteiger partial charge in [-0.05, 0) is 12.8 Å². The molecular formula is C43H85NO12S. The fourth-order valence-corrected chi connectivity index (χ4v) is 8.09. The van der Waals surface area contributed by atoms with Gasteiger partial charge in [0.2, 0.25) is 5.91 Å². The second-order valence-corrected chi connectivity index (χ2v) is 17.5. The fourth-order valence-electron chi connectivity index (χ4n) is 7.58. The fraction of sp³-hybridized carbons (Fsp3) is 0.977. The molecule has 0 aromatic carbocycles. The van der Waals surface area contributed by atoms with E-state index in [-0.39, 0.29) is 6.42 Å². The van der Waals surface area contributed by atoms with E-state index in [1.807, 2.05) is 0 Å². The van der Waals surface area contributed by atoms with Crippen molar-refractivity contribution in [1.82, 2.24) is 5.32 Å². The Kier molecular flexibility index (Phi) is 33.0. The van der Waals surface area contributed by atoms with E-state index in [2.05, 4.69) is 23.3 Å². The summed E-state index contributed by atoms with van der Waals surface area (Å²) in [5, 5.41) is 55.3. The predicted molar refractivity (Wildman–Crippen MR) is 224 cm³/mol. The van der Waals surface area contributed by atoms with Gasteiger partial charge in [0, 0.05) is 0 Å². The molecule has 1 aliphatic heterocycles. The molecule has 1 heterocycles. The minimum Gasteiger partial charge on any atom is -0.394 e. The molecule has 7 N–H and O–H groups in total. The monoisotopic (exact) mass is 840 g/mol. The van der Waals surface area contributed by atoms with E-state index < -0.39 is 78.5 Å². The van der Waals surface area contributed by atoms with Gasteiger partial charge in [-0.25, -0.2) is 4.18 Å². The number of nitrogens with one attached hydrogen (secondary N) is 1. The van der Waals surface area contributed by atoms with Crippen molar-refractivity contribution in [2.24, 2.45) is 0 Å². The zero-order chi connectivity index (χ0) is 42.2. The SMILES string of the molecule is CCCCCCCCCCCCCCCCCC(O)C(=O)NC(COC1OC(CO)C(O)C(OS(=O)(=O)O)C1O)C(O)CCCCCCCCCCCCCCC. The van der Waals surface area contributed by atoms with E-state index in [0.717, 1.165) is 38.5 Å². The van der Waals surface area contributed by atoms with Gasteiger partial charge in [0.1, 0.15) is 30.5 Å². The maximum atomic E-state index is 13.1. The third kappa shape index (κ3) is 27.5. The highest BCUT2D eigenvalue weighted by atomic mass is 32.3. The molecule has 1 rings (SSSR count). The van der Waals surface area contributed by atoms with Gasteiger partial charge in [-0.2, -0.15) is 8.42 Å². The zero-order valence-electron chi connectivity index (χ0n) is 35.8. The van der Waals surface area contributed by atoms with Gasteiger partial charge < -0.3 is 40.3 Å². The zero-order valence-corrected chi connectivity index (χ0v) is 36.6. The summed E-state index contributed by atoms with van der Waals surface area (Å²) >= 11 is 0. The first-order valence-electron chi connectivity index (χ1n) is 23.0. The Morgan fingerprint density at radius 3 is 1.40 bits per heavy atom. The molecule has 340 valence electrons. The first-order chi connectivity index (χ1) is 27.4. The number of unbranched alkanes of at least 4 members (excludes halogenated alkanes) is 26. The molecule has 0 spiro atoms. The van der Waals surface area contributed by atoms with Crippen LogP contribution in [0.15, 0.2) is 0 Å². The molecule has 57 heavy (non-hydrogen) atoms. The maximum Gasteiger partial charge on any atom is 0.397 e. The first kappa shape index (κ1) is 54.1. The smallest absolute Gasteiger partial charge is 0.394 e. The number of aliphatic hydroxyl groups excluding tert-OH is 5. The van der Waals surface area contributed by atoms with Crippen LogP contribution in [-0.2, 0) is 28.9 Å². The molecule has 0 bridgehead atoms. The number of rotatable bonds is 39. The lowest BCUT2D eigenvalue weighted by atomic mass is 9.99. The largest absolute Gasteiger partial charge is 0.397 e. The van der Waals surface area contributed by atoms with Crippen LogP contribution in [0.25, 0.3) is 0 Å². The van der Waals surface area contributed by atoms with E-state index in [1.165, 1.54) is 128 Å². The Hall–Kier alpha value is -0.940. The second-order valence-electron chi connectivity index (χ2n) is 16.5. The van der Waals surface area contributed by atoms with Crippen LogP contribution < -0.4 is 5.32 Å². The highest BCUT2D eigenvalue weighted by Crippen LogP contribution is 2.26. The topological polar surface area (TPSA) is 212 Å². The molecular weight excluding hydrogens is 755 g/mol. The first-order valence-corrected chi connectivity index (χ1v) is 24.4. The van der Waals surface area contributed by atoms with Crippen molar-refractivity contribution in [3.8, 4) is 0 Å². The average Bonchev–Trinajstić information content (AvgIpc) is 3.18. The third-order valence-corrected chi connectivity index (χ3v) is 11.7. The molecule has 8 unspecified atom stereocenters. The van der Waals surface area contributed by atoms with Crippen LogP contribution >= 0.6 is 0 Å². The van der Waals surface area contributed by atoms with Crippen molar-refractivity contribution in [2.75, 3.05) is 13.2 Å². The van der Waals surface area contributed by atoms with Crippen molar-refractivity contribution in [3.05, 3.63) is 0 Å². The summed E-state index contributed by atoms with van der Waals surface area (Å²) in [6.45, 7) is 3.28. The summed E-state index contributed by atoms with van der Waals surface area (Å²) in [6, 6.07) is -1.03. The second kappa shape index (κ2) is 34.7. The quantitative estimate of drug-likeness (QED) is 0.0236. The summed E-state index contributed by atoms with van der Waals surface area (Å²) in [4.78, 5) is 13.1. The molecule has 0 aliphatic carbocycles. The van der Waals surface area contributed by atoms with Crippen molar-refractivity contribution < 1.29 is 57.0 Å². The lowest BCUT2D eigenvalue weighted by Gasteiger charge is -2.41. The van der Waals surface area contributed by atoms with Crippen LogP contribution in [0.3, 0.4) is 0 Å². The molecule has 13 nitrogen and oxygen atoms in total. The Bertz CT molecular complexity index is 1050. The molecule has 14 heteroatoms. The summed E-state index contributed by atoms with van der Waals surface area (Å²) in [5.74, 6) is -0.667. The van der Waals surface area contributed by atoms with E-state index in [9.17, 15) is 43.3 Å². The van der Waals surface area contributed by atoms with Gasteiger partial charge in [-0.3, -0.25) is 9.35 Å². The molecule has 0 aromatic rings. The summed E-state index contributed by atoms with van der Waals surface area (Å²) in [7, 11) is -5.10. The number of carbonyl (C=O) groups excluding carboxylic acids is 1. The lowest BCUT2D eigenvalue weighted by Crippen LogP contribution is -2.61. The van der Waals surface area contributed by atoms with Crippen LogP contribution in [0, 0.1) is 0 Å². The van der Waals surface area contributed by atoms with Gasteiger partial charge in [0.25, 0.3) is 0 Å². The van der Waals surface area contributed by atoms with Gasteiger partial charge in [0.05, 0.1) is 25.4 Å². The van der Waals surface area contributed by atoms with Crippen LogP contribution in [0.2, 0.25) is 0 Å². The van der Waals surface area contributed by atoms with Gasteiger partial charge in [-0.15, -0.1) is 0 Å². The van der Waals surface area contributed by atoms with Crippen LogP contribution in [0.5, 0.6) is 0 Å². The number of hydrogen-bond acceptors (Lipinski definition) is 11. The molecule has 8 atom stereocenters. The van der Waals surface area contributed by atoms with E-state index in [0.29, 0.717) is 19.3 Å². The van der Waals surface area contributed by atoms with Gasteiger partial charge in [-0.1, -0.05) is 194 Å². The Morgan fingerprint density at radius 2 is 1.02 bits per heavy atom. The standard InChI is InChI=1S/C43H85NO12S/c1-3-5-7-9-11-13-15-17-18-20-22-24-26-28-30-32-37(47)42(50)44-35(36(46)31-29-27-25-23-21-19-16-14-12-10-8-6-4-2)34-54-43-40(49)41(56-57(51,52)53)39(48)38(33-45)55-43/h35-41,43,45-49H,3-34H2,1-2H3,(H,44,50)(H,51,52,53). The van der Waals surface area contributed by atoms with E-state index >= 15 is 0 Å². The molecule has 0 radical (unpaired) electrons. The molecule has 1 saturated heterocycles. The summed E-state index contributed by atoms with van der Waals surface area (Å²) in [6.07, 6.45) is 22.9. The minimum absolute atomic E-state index is 0.266. The number of ether oxygens (including phenoxy) is 2. The van der Waals surface area contributed by atoms with Gasteiger partial charge in [0.15, 0.2) is 6.29 Å². The molecule has 0 saturated carbocycles. The number of carbonyl (C=O) groups is 1. The summed E-state index contributed by atoms with van der Waals surface area (Å²) < 4.78 is 47.5. The maximum absolute atomic E-state index is 13.1. The Balaban J connectivity index is 2.56. The number of aliphatic hydroxyl groups is 5. The minimum atomic E-state index is -5.10. The lowest BCUT2D eigenvalue weighted by molar-refractivity contribution is -0.298. The molecule has 1 aliphatic rings. The van der Waals surface area contributed by atoms with Crippen molar-refractivity contribution in [3.63, 3.8) is 0 Å². The number of hydrogen-bond donors (Lipinski definition) is 7. The van der Waals surface area contributed by atoms with Crippen molar-refractivity contribution in [2.45, 2.75) is 255 Å². The average molecular weight is 840 g/mol. The highest BCUT2D eigenvalue weighted by molar-refractivity contribution is 7.80. The normalized spacial score (nSPS) is 21.7. The van der Waals surface area contributed by atoms with Crippen molar-refractivity contribution in [1.29, 1.82) is 0 Å².